The zero-order valence-electron chi connectivity index (χ0n) is 21.7. The van der Waals surface area contributed by atoms with Gasteiger partial charge in [-0.15, -0.1) is 0 Å². The standard InChI is InChI=1S/C29H36N6O/c1-20(2)16-35-19-24(26-15-31-34(4)18-26)13-28(29(35)36)32-27-11-9-22(10-12-27)21-5-7-23(8-6-21)25-14-30-33(3)17-25/h5-8,13-15,17-20,22,27,32H,9-12,16H2,1-4H3/t22-,27+. The van der Waals surface area contributed by atoms with Gasteiger partial charge < -0.3 is 9.88 Å². The first kappa shape index (κ1) is 24.1. The van der Waals surface area contributed by atoms with Crippen molar-refractivity contribution < 1.29 is 0 Å². The van der Waals surface area contributed by atoms with Gasteiger partial charge in [-0.25, -0.2) is 0 Å². The highest BCUT2D eigenvalue weighted by molar-refractivity contribution is 5.66. The lowest BCUT2D eigenvalue weighted by atomic mass is 9.81. The molecule has 1 N–H and O–H groups in total. The van der Waals surface area contributed by atoms with Crippen molar-refractivity contribution in [2.75, 3.05) is 5.32 Å². The van der Waals surface area contributed by atoms with Gasteiger partial charge in [-0.2, -0.15) is 10.2 Å². The van der Waals surface area contributed by atoms with Crippen LogP contribution in [0.4, 0.5) is 5.69 Å². The van der Waals surface area contributed by atoms with Gasteiger partial charge in [-0.3, -0.25) is 14.2 Å². The number of hydrogen-bond donors (Lipinski definition) is 1. The van der Waals surface area contributed by atoms with E-state index in [1.54, 1.807) is 4.68 Å². The van der Waals surface area contributed by atoms with Crippen LogP contribution in [-0.4, -0.2) is 30.2 Å². The molecule has 36 heavy (non-hydrogen) atoms. The average Bonchev–Trinajstić information content (AvgIpc) is 3.50. The largest absolute Gasteiger partial charge is 0.378 e. The quantitative estimate of drug-likeness (QED) is 0.379. The fourth-order valence-electron chi connectivity index (χ4n) is 5.31. The first-order valence-electron chi connectivity index (χ1n) is 12.9. The van der Waals surface area contributed by atoms with Gasteiger partial charge in [0.2, 0.25) is 0 Å². The Hall–Kier alpha value is -3.61. The van der Waals surface area contributed by atoms with Gasteiger partial charge in [-0.1, -0.05) is 38.1 Å². The van der Waals surface area contributed by atoms with Crippen molar-refractivity contribution in [2.45, 2.75) is 58.0 Å². The van der Waals surface area contributed by atoms with Crippen molar-refractivity contribution in [1.82, 2.24) is 24.1 Å². The molecule has 0 saturated heterocycles. The molecule has 0 aliphatic heterocycles. The van der Waals surface area contributed by atoms with Crippen LogP contribution < -0.4 is 10.9 Å². The highest BCUT2D eigenvalue weighted by atomic mass is 16.1. The van der Waals surface area contributed by atoms with Crippen LogP contribution in [0.3, 0.4) is 0 Å². The molecule has 3 heterocycles. The predicted molar refractivity (Wildman–Crippen MR) is 145 cm³/mol. The Morgan fingerprint density at radius 3 is 2.03 bits per heavy atom. The molecule has 0 atom stereocenters. The number of aromatic nitrogens is 5. The number of rotatable bonds is 7. The SMILES string of the molecule is CC(C)Cn1cc(-c2cnn(C)c2)cc(N[C@H]2CC[C@@H](c3ccc(-c4cnn(C)c4)cc3)CC2)c1=O. The van der Waals surface area contributed by atoms with Crippen LogP contribution in [0.5, 0.6) is 0 Å². The summed E-state index contributed by atoms with van der Waals surface area (Å²) in [5, 5.41) is 12.2. The summed E-state index contributed by atoms with van der Waals surface area (Å²) in [6.07, 6.45) is 14.1. The maximum absolute atomic E-state index is 13.3. The molecule has 1 aromatic carbocycles. The maximum atomic E-state index is 13.3. The molecular weight excluding hydrogens is 448 g/mol. The number of benzene rings is 1. The third kappa shape index (κ3) is 5.30. The number of aryl methyl sites for hydroxylation is 2. The summed E-state index contributed by atoms with van der Waals surface area (Å²) in [4.78, 5) is 13.3. The third-order valence-corrected chi connectivity index (χ3v) is 7.19. The van der Waals surface area contributed by atoms with E-state index in [2.05, 4.69) is 53.6 Å². The number of nitrogens with one attached hydrogen (secondary N) is 1. The normalized spacial score (nSPS) is 18.0. The molecule has 3 aromatic heterocycles. The molecule has 0 spiro atoms. The Kier molecular flexibility index (Phi) is 6.81. The van der Waals surface area contributed by atoms with E-state index in [0.29, 0.717) is 30.1 Å². The van der Waals surface area contributed by atoms with E-state index in [-0.39, 0.29) is 5.56 Å². The van der Waals surface area contributed by atoms with Crippen molar-refractivity contribution in [2.24, 2.45) is 20.0 Å². The minimum absolute atomic E-state index is 0.0597. The molecule has 1 aliphatic carbocycles. The first-order chi connectivity index (χ1) is 17.4. The minimum atomic E-state index is 0.0597. The fraction of sp³-hybridized carbons (Fsp3) is 0.414. The van der Waals surface area contributed by atoms with Crippen LogP contribution >= 0.6 is 0 Å². The second kappa shape index (κ2) is 10.2. The fourth-order valence-corrected chi connectivity index (χ4v) is 5.31. The van der Waals surface area contributed by atoms with E-state index >= 15 is 0 Å². The molecule has 0 unspecified atom stereocenters. The van der Waals surface area contributed by atoms with Crippen molar-refractivity contribution in [1.29, 1.82) is 0 Å². The van der Waals surface area contributed by atoms with Crippen molar-refractivity contribution in [3.05, 3.63) is 77.2 Å². The molecule has 1 saturated carbocycles. The van der Waals surface area contributed by atoms with Crippen molar-refractivity contribution >= 4 is 5.69 Å². The van der Waals surface area contributed by atoms with Gasteiger partial charge in [0, 0.05) is 62.0 Å². The molecule has 4 aromatic rings. The predicted octanol–water partition coefficient (Wildman–Crippen LogP) is 5.44. The van der Waals surface area contributed by atoms with Gasteiger partial charge >= 0.3 is 0 Å². The summed E-state index contributed by atoms with van der Waals surface area (Å²) >= 11 is 0. The topological polar surface area (TPSA) is 69.7 Å². The smallest absolute Gasteiger partial charge is 0.273 e. The maximum Gasteiger partial charge on any atom is 0.273 e. The average molecular weight is 485 g/mol. The number of anilines is 1. The number of nitrogens with zero attached hydrogens (tertiary/aromatic N) is 5. The molecule has 1 aliphatic rings. The lowest BCUT2D eigenvalue weighted by molar-refractivity contribution is 0.411. The van der Waals surface area contributed by atoms with Gasteiger partial charge in [0.15, 0.2) is 0 Å². The van der Waals surface area contributed by atoms with E-state index in [4.69, 9.17) is 0 Å². The minimum Gasteiger partial charge on any atom is -0.378 e. The Morgan fingerprint density at radius 2 is 1.47 bits per heavy atom. The van der Waals surface area contributed by atoms with Crippen LogP contribution in [0, 0.1) is 5.92 Å². The Bertz CT molecular complexity index is 1370. The van der Waals surface area contributed by atoms with E-state index < -0.39 is 0 Å². The van der Waals surface area contributed by atoms with Crippen LogP contribution in [0.15, 0.2) is 66.1 Å². The Balaban J connectivity index is 1.28. The second-order valence-corrected chi connectivity index (χ2v) is 10.6. The van der Waals surface area contributed by atoms with Gasteiger partial charge in [0.1, 0.15) is 5.69 Å². The number of hydrogen-bond acceptors (Lipinski definition) is 4. The summed E-state index contributed by atoms with van der Waals surface area (Å²) in [5.74, 6) is 0.949. The molecule has 5 rings (SSSR count). The highest BCUT2D eigenvalue weighted by Gasteiger charge is 2.23. The number of pyridine rings is 1. The van der Waals surface area contributed by atoms with Crippen LogP contribution in [0.1, 0.15) is 51.0 Å². The summed E-state index contributed by atoms with van der Waals surface area (Å²) < 4.78 is 5.48. The molecule has 0 bridgehead atoms. The summed E-state index contributed by atoms with van der Waals surface area (Å²) in [6.45, 7) is 4.98. The van der Waals surface area contributed by atoms with Crippen LogP contribution in [0.2, 0.25) is 0 Å². The molecule has 7 nitrogen and oxygen atoms in total. The van der Waals surface area contributed by atoms with E-state index in [0.717, 1.165) is 42.4 Å². The third-order valence-electron chi connectivity index (χ3n) is 7.19. The molecule has 1 fully saturated rings. The monoisotopic (exact) mass is 484 g/mol. The molecule has 7 heteroatoms. The van der Waals surface area contributed by atoms with Crippen molar-refractivity contribution in [3.63, 3.8) is 0 Å². The lowest BCUT2D eigenvalue weighted by Gasteiger charge is -2.30. The first-order valence-corrected chi connectivity index (χ1v) is 12.9. The van der Waals surface area contributed by atoms with Crippen molar-refractivity contribution in [3.8, 4) is 22.3 Å². The highest BCUT2D eigenvalue weighted by Crippen LogP contribution is 2.35. The summed E-state index contributed by atoms with van der Waals surface area (Å²) in [6, 6.07) is 11.3. The van der Waals surface area contributed by atoms with E-state index in [1.165, 1.54) is 11.1 Å². The Labute approximate surface area is 212 Å². The molecule has 0 amide bonds. The zero-order valence-corrected chi connectivity index (χ0v) is 21.7. The summed E-state index contributed by atoms with van der Waals surface area (Å²) in [7, 11) is 3.86. The van der Waals surface area contributed by atoms with Gasteiger partial charge in [-0.05, 0) is 54.7 Å². The van der Waals surface area contributed by atoms with E-state index in [9.17, 15) is 4.79 Å². The molecule has 188 valence electrons. The Morgan fingerprint density at radius 1 is 0.861 bits per heavy atom. The zero-order chi connectivity index (χ0) is 25.2. The van der Waals surface area contributed by atoms with Gasteiger partial charge in [0.05, 0.1) is 12.4 Å². The van der Waals surface area contributed by atoms with Crippen LogP contribution in [-0.2, 0) is 20.6 Å². The van der Waals surface area contributed by atoms with E-state index in [1.807, 2.05) is 60.4 Å². The molecular formula is C29H36N6O. The lowest BCUT2D eigenvalue weighted by Crippen LogP contribution is -2.31. The van der Waals surface area contributed by atoms with Crippen LogP contribution in [0.25, 0.3) is 22.3 Å². The summed E-state index contributed by atoms with van der Waals surface area (Å²) in [5.41, 5.74) is 6.55. The van der Waals surface area contributed by atoms with Gasteiger partial charge in [0.25, 0.3) is 5.56 Å². The second-order valence-electron chi connectivity index (χ2n) is 10.6. The molecule has 0 radical (unpaired) electrons.